The maximum atomic E-state index is 5.78. The van der Waals surface area contributed by atoms with Crippen LogP contribution in [0.15, 0.2) is 0 Å². The van der Waals surface area contributed by atoms with Gasteiger partial charge in [-0.3, -0.25) is 0 Å². The van der Waals surface area contributed by atoms with E-state index in [2.05, 4.69) is 40.6 Å². The van der Waals surface area contributed by atoms with Crippen molar-refractivity contribution in [3.8, 4) is 10.7 Å². The van der Waals surface area contributed by atoms with Crippen LogP contribution in [0.2, 0.25) is 0 Å². The van der Waals surface area contributed by atoms with E-state index in [0.717, 1.165) is 10.6 Å². The van der Waals surface area contributed by atoms with Gasteiger partial charge in [0.2, 0.25) is 4.77 Å². The van der Waals surface area contributed by atoms with Crippen molar-refractivity contribution in [1.29, 1.82) is 0 Å². The Kier molecular flexibility index (Phi) is 2.55. The minimum absolute atomic E-state index is 0.101. The molecule has 0 aliphatic carbocycles. The molecule has 0 atom stereocenters. The van der Waals surface area contributed by atoms with Crippen molar-refractivity contribution in [2.24, 2.45) is 0 Å². The van der Waals surface area contributed by atoms with E-state index >= 15 is 0 Å². The van der Waals surface area contributed by atoms with Crippen LogP contribution >= 0.6 is 23.8 Å². The molecule has 0 unspecified atom stereocenters. The molecule has 0 aliphatic rings. The second-order valence-corrected chi connectivity index (χ2v) is 5.56. The second kappa shape index (κ2) is 3.63. The normalized spacial score (nSPS) is 11.9. The Morgan fingerprint density at radius 2 is 2.12 bits per heavy atom. The molecular weight excluding hydrogens is 244 g/mol. The molecule has 2 rings (SSSR count). The number of aromatic nitrogens is 5. The van der Waals surface area contributed by atoms with Gasteiger partial charge in [-0.05, 0) is 23.8 Å². The maximum Gasteiger partial charge on any atom is 0.214 e. The van der Waals surface area contributed by atoms with Crippen LogP contribution < -0.4 is 5.84 Å². The molecule has 0 radical (unpaired) electrons. The van der Waals surface area contributed by atoms with Crippen LogP contribution in [0, 0.1) is 4.77 Å². The summed E-state index contributed by atoms with van der Waals surface area (Å²) in [5.74, 6) is 6.35. The van der Waals surface area contributed by atoms with Crippen molar-refractivity contribution >= 4 is 23.8 Å². The van der Waals surface area contributed by atoms with Crippen LogP contribution in [0.3, 0.4) is 0 Å². The van der Waals surface area contributed by atoms with Gasteiger partial charge in [0.25, 0.3) is 0 Å². The average molecular weight is 256 g/mol. The van der Waals surface area contributed by atoms with Gasteiger partial charge in [0.15, 0.2) is 5.82 Å². The minimum atomic E-state index is -0.101. The van der Waals surface area contributed by atoms with Crippen LogP contribution in [0.25, 0.3) is 10.7 Å². The van der Waals surface area contributed by atoms with Gasteiger partial charge >= 0.3 is 0 Å². The first kappa shape index (κ1) is 11.2. The number of H-pyrrole nitrogens is 1. The zero-order valence-electron chi connectivity index (χ0n) is 9.18. The lowest BCUT2D eigenvalue weighted by Gasteiger charge is -2.15. The van der Waals surface area contributed by atoms with Gasteiger partial charge in [-0.15, -0.1) is 5.10 Å². The SMILES string of the molecule is CC(C)(C)c1nnsc1-c1n[nH]c(=S)n1N. The van der Waals surface area contributed by atoms with Crippen molar-refractivity contribution in [3.05, 3.63) is 10.5 Å². The molecule has 6 nitrogen and oxygen atoms in total. The standard InChI is InChI=1S/C8H12N6S2/c1-8(2,3)5-4(16-13-10-5)6-11-12-7(15)14(6)9/h9H2,1-3H3,(H,12,15). The third-order valence-corrected chi connectivity index (χ3v) is 3.12. The summed E-state index contributed by atoms with van der Waals surface area (Å²) < 4.78 is 5.66. The fourth-order valence-electron chi connectivity index (χ4n) is 1.29. The minimum Gasteiger partial charge on any atom is -0.335 e. The largest absolute Gasteiger partial charge is 0.335 e. The summed E-state index contributed by atoms with van der Waals surface area (Å²) in [5, 5.41) is 10.9. The molecular formula is C8H12N6S2. The van der Waals surface area contributed by atoms with Gasteiger partial charge in [-0.2, -0.15) is 5.10 Å². The van der Waals surface area contributed by atoms with Crippen molar-refractivity contribution in [2.45, 2.75) is 26.2 Å². The molecule has 0 aromatic carbocycles. The molecule has 0 aliphatic heterocycles. The van der Waals surface area contributed by atoms with Crippen LogP contribution in [0.1, 0.15) is 26.5 Å². The smallest absolute Gasteiger partial charge is 0.214 e. The molecule has 0 bridgehead atoms. The first-order valence-electron chi connectivity index (χ1n) is 4.67. The molecule has 16 heavy (non-hydrogen) atoms. The van der Waals surface area contributed by atoms with Crippen LogP contribution in [-0.2, 0) is 5.41 Å². The lowest BCUT2D eigenvalue weighted by Crippen LogP contribution is -2.15. The van der Waals surface area contributed by atoms with Gasteiger partial charge in [0.05, 0.1) is 5.69 Å². The highest BCUT2D eigenvalue weighted by Gasteiger charge is 2.25. The second-order valence-electron chi connectivity index (χ2n) is 4.42. The molecule has 0 amide bonds. The Labute approximate surface area is 102 Å². The van der Waals surface area contributed by atoms with E-state index in [1.54, 1.807) is 0 Å². The van der Waals surface area contributed by atoms with Crippen LogP contribution in [-0.4, -0.2) is 24.5 Å². The predicted molar refractivity (Wildman–Crippen MR) is 65.2 cm³/mol. The highest BCUT2D eigenvalue weighted by molar-refractivity contribution is 7.71. The monoisotopic (exact) mass is 256 g/mol. The van der Waals surface area contributed by atoms with E-state index in [1.807, 2.05) is 0 Å². The molecule has 8 heteroatoms. The van der Waals surface area contributed by atoms with Gasteiger partial charge in [0.1, 0.15) is 4.88 Å². The van der Waals surface area contributed by atoms with Crippen LogP contribution in [0.5, 0.6) is 0 Å². The zero-order valence-corrected chi connectivity index (χ0v) is 10.8. The number of aromatic amines is 1. The topological polar surface area (TPSA) is 85.4 Å². The van der Waals surface area contributed by atoms with Crippen molar-refractivity contribution in [1.82, 2.24) is 24.5 Å². The third-order valence-electron chi connectivity index (χ3n) is 2.11. The predicted octanol–water partition coefficient (Wildman–Crippen LogP) is 1.47. The third kappa shape index (κ3) is 1.74. The van der Waals surface area contributed by atoms with Crippen LogP contribution in [0.4, 0.5) is 0 Å². The van der Waals surface area contributed by atoms with E-state index in [4.69, 9.17) is 18.1 Å². The summed E-state index contributed by atoms with van der Waals surface area (Å²) in [4.78, 5) is 0.849. The molecule has 0 fully saturated rings. The number of hydrogen-bond donors (Lipinski definition) is 2. The average Bonchev–Trinajstić information content (AvgIpc) is 2.74. The molecule has 2 heterocycles. The Morgan fingerprint density at radius 1 is 1.44 bits per heavy atom. The van der Waals surface area contributed by atoms with E-state index in [0.29, 0.717) is 10.6 Å². The molecule has 0 saturated heterocycles. The summed E-state index contributed by atoms with van der Waals surface area (Å²) in [6, 6.07) is 0. The number of nitrogens with zero attached hydrogens (tertiary/aromatic N) is 4. The quantitative estimate of drug-likeness (QED) is 0.596. The molecule has 2 aromatic heterocycles. The van der Waals surface area contributed by atoms with Gasteiger partial charge in [0, 0.05) is 5.41 Å². The van der Waals surface area contributed by atoms with E-state index in [9.17, 15) is 0 Å². The number of nitrogen functional groups attached to an aromatic ring is 1. The Balaban J connectivity index is 2.62. The lowest BCUT2D eigenvalue weighted by molar-refractivity contribution is 0.567. The Hall–Kier alpha value is -1.28. The molecule has 0 spiro atoms. The summed E-state index contributed by atoms with van der Waals surface area (Å²) in [7, 11) is 0. The summed E-state index contributed by atoms with van der Waals surface area (Å²) in [6.07, 6.45) is 0. The van der Waals surface area contributed by atoms with E-state index in [1.165, 1.54) is 16.2 Å². The number of rotatable bonds is 1. The molecule has 2 aromatic rings. The lowest BCUT2D eigenvalue weighted by atomic mass is 9.91. The summed E-state index contributed by atoms with van der Waals surface area (Å²) in [5.41, 5.74) is 0.772. The van der Waals surface area contributed by atoms with Gasteiger partial charge in [-0.1, -0.05) is 25.3 Å². The van der Waals surface area contributed by atoms with Crippen molar-refractivity contribution < 1.29 is 0 Å². The highest BCUT2D eigenvalue weighted by atomic mass is 32.1. The van der Waals surface area contributed by atoms with Gasteiger partial charge < -0.3 is 5.84 Å². The fraction of sp³-hybridized carbons (Fsp3) is 0.500. The first-order valence-corrected chi connectivity index (χ1v) is 5.85. The number of nitrogens with two attached hydrogens (primary N) is 1. The van der Waals surface area contributed by atoms with E-state index in [-0.39, 0.29) is 5.41 Å². The first-order chi connectivity index (χ1) is 7.41. The van der Waals surface area contributed by atoms with Crippen molar-refractivity contribution in [3.63, 3.8) is 0 Å². The highest BCUT2D eigenvalue weighted by Crippen LogP contribution is 2.32. The maximum absolute atomic E-state index is 5.78. The number of hydrogen-bond acceptors (Lipinski definition) is 6. The molecule has 3 N–H and O–H groups in total. The summed E-state index contributed by atoms with van der Waals surface area (Å²) in [6.45, 7) is 6.19. The van der Waals surface area contributed by atoms with Crippen molar-refractivity contribution in [2.75, 3.05) is 5.84 Å². The Bertz CT molecular complexity index is 558. The molecule has 86 valence electrons. The zero-order chi connectivity index (χ0) is 11.9. The number of nitrogens with one attached hydrogen (secondary N) is 1. The van der Waals surface area contributed by atoms with Gasteiger partial charge in [-0.25, -0.2) is 9.77 Å². The summed E-state index contributed by atoms with van der Waals surface area (Å²) >= 11 is 6.23. The fourth-order valence-corrected chi connectivity index (χ4v) is 2.29. The van der Waals surface area contributed by atoms with E-state index < -0.39 is 0 Å². The molecule has 0 saturated carbocycles. The Morgan fingerprint density at radius 3 is 2.62 bits per heavy atom.